The molecule has 0 heterocycles. The number of hydrogen-bond acceptors (Lipinski definition) is 4. The van der Waals surface area contributed by atoms with Crippen LogP contribution in [0.3, 0.4) is 0 Å². The Kier molecular flexibility index (Phi) is 6.46. The minimum absolute atomic E-state index is 0.280. The highest BCUT2D eigenvalue weighted by Gasteiger charge is 2.17. The molecule has 0 saturated heterocycles. The van der Waals surface area contributed by atoms with Gasteiger partial charge in [-0.3, -0.25) is 9.59 Å². The van der Waals surface area contributed by atoms with Gasteiger partial charge in [0.1, 0.15) is 0 Å². The van der Waals surface area contributed by atoms with Crippen LogP contribution < -0.4 is 14.8 Å². The van der Waals surface area contributed by atoms with E-state index in [0.717, 1.165) is 0 Å². The molecule has 0 aliphatic carbocycles. The summed E-state index contributed by atoms with van der Waals surface area (Å²) in [5.41, 5.74) is 1.51. The van der Waals surface area contributed by atoms with E-state index in [1.165, 1.54) is 13.2 Å². The van der Waals surface area contributed by atoms with Crippen molar-refractivity contribution < 1.29 is 24.2 Å². The molecule has 0 aliphatic rings. The van der Waals surface area contributed by atoms with Gasteiger partial charge in [-0.2, -0.15) is 0 Å². The van der Waals surface area contributed by atoms with Gasteiger partial charge in [0.15, 0.2) is 11.5 Å². The number of nitrogens with one attached hydrogen (secondary N) is 1. The summed E-state index contributed by atoms with van der Waals surface area (Å²) in [6.07, 6.45) is 0. The van der Waals surface area contributed by atoms with Crippen LogP contribution in [0.5, 0.6) is 11.5 Å². The predicted molar refractivity (Wildman–Crippen MR) is 99.6 cm³/mol. The molecule has 0 saturated carbocycles. The topological polar surface area (TPSA) is 84.9 Å². The highest BCUT2D eigenvalue weighted by atomic mass is 35.5. The van der Waals surface area contributed by atoms with E-state index in [9.17, 15) is 9.59 Å². The van der Waals surface area contributed by atoms with Crippen LogP contribution in [0.4, 0.5) is 5.69 Å². The maximum Gasteiger partial charge on any atom is 0.310 e. The van der Waals surface area contributed by atoms with Crippen LogP contribution in [0.1, 0.15) is 35.7 Å². The maximum absolute atomic E-state index is 12.5. The molecular formula is C19H20ClNO5. The first-order valence-corrected chi connectivity index (χ1v) is 8.39. The minimum Gasteiger partial charge on any atom is -0.493 e. The molecule has 0 aliphatic heterocycles. The average Bonchev–Trinajstić information content (AvgIpc) is 2.63. The number of methoxy groups -OCH3 is 1. The second-order valence-electron chi connectivity index (χ2n) is 5.56. The van der Waals surface area contributed by atoms with Crippen LogP contribution in [0, 0.1) is 0 Å². The zero-order valence-corrected chi connectivity index (χ0v) is 15.5. The monoisotopic (exact) mass is 377 g/mol. The molecular weight excluding hydrogens is 358 g/mol. The lowest BCUT2D eigenvalue weighted by atomic mass is 10.0. The van der Waals surface area contributed by atoms with Gasteiger partial charge in [0.25, 0.3) is 5.91 Å². The number of carbonyl (C=O) groups is 2. The van der Waals surface area contributed by atoms with E-state index < -0.39 is 11.9 Å². The van der Waals surface area contributed by atoms with Crippen molar-refractivity contribution >= 4 is 29.2 Å². The zero-order valence-electron chi connectivity index (χ0n) is 14.7. The van der Waals surface area contributed by atoms with Crippen LogP contribution >= 0.6 is 11.6 Å². The third-order valence-electron chi connectivity index (χ3n) is 3.82. The van der Waals surface area contributed by atoms with E-state index in [-0.39, 0.29) is 10.9 Å². The molecule has 0 bridgehead atoms. The van der Waals surface area contributed by atoms with E-state index in [4.69, 9.17) is 26.2 Å². The van der Waals surface area contributed by atoms with E-state index in [1.807, 2.05) is 6.92 Å². The Balaban J connectivity index is 2.19. The van der Waals surface area contributed by atoms with Crippen LogP contribution in [-0.2, 0) is 4.79 Å². The van der Waals surface area contributed by atoms with Crippen LogP contribution in [0.15, 0.2) is 36.4 Å². The van der Waals surface area contributed by atoms with Gasteiger partial charge in [-0.25, -0.2) is 0 Å². The van der Waals surface area contributed by atoms with E-state index in [2.05, 4.69) is 5.32 Å². The Morgan fingerprint density at radius 2 is 1.88 bits per heavy atom. The van der Waals surface area contributed by atoms with Crippen LogP contribution in [0.2, 0.25) is 5.02 Å². The normalized spacial score (nSPS) is 11.5. The number of carbonyl (C=O) groups excluding carboxylic acids is 1. The van der Waals surface area contributed by atoms with Gasteiger partial charge in [-0.1, -0.05) is 23.7 Å². The van der Waals surface area contributed by atoms with Crippen molar-refractivity contribution in [1.82, 2.24) is 0 Å². The summed E-state index contributed by atoms with van der Waals surface area (Å²) >= 11 is 6.18. The van der Waals surface area contributed by atoms with Gasteiger partial charge in [0.05, 0.1) is 24.7 Å². The number of rotatable bonds is 7. The van der Waals surface area contributed by atoms with Crippen molar-refractivity contribution in [2.45, 2.75) is 19.8 Å². The standard InChI is InChI=1S/C19H20ClNO5/c1-4-26-17-15(20)9-13(10-16(17)25-3)18(22)21-14-7-5-12(6-8-14)11(2)19(23)24/h5-11H,4H2,1-3H3,(H,21,22)(H,23,24). The van der Waals surface area contributed by atoms with Crippen LogP contribution in [-0.4, -0.2) is 30.7 Å². The number of carboxylic acid groups (broad SMARTS) is 1. The molecule has 0 spiro atoms. The molecule has 1 amide bonds. The molecule has 7 heteroatoms. The summed E-state index contributed by atoms with van der Waals surface area (Å²) in [6.45, 7) is 3.85. The second-order valence-corrected chi connectivity index (χ2v) is 5.97. The molecule has 2 aromatic carbocycles. The third kappa shape index (κ3) is 4.46. The SMILES string of the molecule is CCOc1c(Cl)cc(C(=O)Nc2ccc(C(C)C(=O)O)cc2)cc1OC. The Morgan fingerprint density at radius 3 is 2.42 bits per heavy atom. The Hall–Kier alpha value is -2.73. The van der Waals surface area contributed by atoms with Crippen molar-refractivity contribution in [3.05, 3.63) is 52.5 Å². The van der Waals surface area contributed by atoms with Crippen molar-refractivity contribution in [2.24, 2.45) is 0 Å². The highest BCUT2D eigenvalue weighted by Crippen LogP contribution is 2.36. The summed E-state index contributed by atoms with van der Waals surface area (Å²) < 4.78 is 10.7. The van der Waals surface area contributed by atoms with Crippen molar-refractivity contribution in [1.29, 1.82) is 0 Å². The number of halogens is 1. The molecule has 1 unspecified atom stereocenters. The first kappa shape index (κ1) is 19.6. The van der Waals surface area contributed by atoms with Gasteiger partial charge >= 0.3 is 5.97 Å². The maximum atomic E-state index is 12.5. The lowest BCUT2D eigenvalue weighted by molar-refractivity contribution is -0.138. The Bertz CT molecular complexity index is 804. The number of hydrogen-bond donors (Lipinski definition) is 2. The van der Waals surface area contributed by atoms with Gasteiger partial charge in [-0.15, -0.1) is 0 Å². The summed E-state index contributed by atoms with van der Waals surface area (Å²) in [5, 5.41) is 12.1. The number of ether oxygens (including phenoxy) is 2. The third-order valence-corrected chi connectivity index (χ3v) is 4.10. The summed E-state index contributed by atoms with van der Waals surface area (Å²) in [7, 11) is 1.47. The molecule has 2 rings (SSSR count). The highest BCUT2D eigenvalue weighted by molar-refractivity contribution is 6.32. The molecule has 0 radical (unpaired) electrons. The van der Waals surface area contributed by atoms with Gasteiger partial charge in [0.2, 0.25) is 0 Å². The Labute approximate surface area is 156 Å². The molecule has 6 nitrogen and oxygen atoms in total. The van der Waals surface area contributed by atoms with Gasteiger partial charge in [0, 0.05) is 11.3 Å². The average molecular weight is 378 g/mol. The van der Waals surface area contributed by atoms with Crippen LogP contribution in [0.25, 0.3) is 0 Å². The zero-order chi connectivity index (χ0) is 19.3. The number of amides is 1. The first-order chi connectivity index (χ1) is 12.4. The molecule has 138 valence electrons. The summed E-state index contributed by atoms with van der Waals surface area (Å²) in [4.78, 5) is 23.5. The van der Waals surface area contributed by atoms with Gasteiger partial charge < -0.3 is 19.9 Å². The largest absolute Gasteiger partial charge is 0.493 e. The summed E-state index contributed by atoms with van der Waals surface area (Å²) in [5.74, 6) is -1.13. The van der Waals surface area contributed by atoms with E-state index in [1.54, 1.807) is 37.3 Å². The molecule has 2 N–H and O–H groups in total. The fourth-order valence-corrected chi connectivity index (χ4v) is 2.60. The lowest BCUT2D eigenvalue weighted by Gasteiger charge is -2.13. The molecule has 1 atom stereocenters. The number of carboxylic acids is 1. The summed E-state index contributed by atoms with van der Waals surface area (Å²) in [6, 6.07) is 9.69. The first-order valence-electron chi connectivity index (χ1n) is 8.01. The fraction of sp³-hybridized carbons (Fsp3) is 0.263. The molecule has 26 heavy (non-hydrogen) atoms. The lowest BCUT2D eigenvalue weighted by Crippen LogP contribution is -2.13. The molecule has 0 fully saturated rings. The second kappa shape index (κ2) is 8.58. The predicted octanol–water partition coefficient (Wildman–Crippen LogP) is 4.19. The molecule has 2 aromatic rings. The number of anilines is 1. The van der Waals surface area contributed by atoms with Gasteiger partial charge in [-0.05, 0) is 43.7 Å². The van der Waals surface area contributed by atoms with E-state index in [0.29, 0.717) is 34.9 Å². The van der Waals surface area contributed by atoms with Crippen molar-refractivity contribution in [2.75, 3.05) is 19.0 Å². The number of benzene rings is 2. The van der Waals surface area contributed by atoms with E-state index >= 15 is 0 Å². The fourth-order valence-electron chi connectivity index (χ4n) is 2.34. The minimum atomic E-state index is -0.905. The van der Waals surface area contributed by atoms with Crippen molar-refractivity contribution in [3.63, 3.8) is 0 Å². The quantitative estimate of drug-likeness (QED) is 0.755. The number of aliphatic carboxylic acids is 1. The molecule has 0 aromatic heterocycles. The smallest absolute Gasteiger partial charge is 0.310 e. The van der Waals surface area contributed by atoms with Crippen molar-refractivity contribution in [3.8, 4) is 11.5 Å². The Morgan fingerprint density at radius 1 is 1.23 bits per heavy atom.